The number of aromatic nitrogens is 2. The molecule has 0 aliphatic carbocycles. The Kier molecular flexibility index (Phi) is 4.96. The molecule has 2 aromatic carbocycles. The molecule has 0 N–H and O–H groups in total. The van der Waals surface area contributed by atoms with Gasteiger partial charge in [0.05, 0.1) is 6.42 Å². The van der Waals surface area contributed by atoms with Gasteiger partial charge in [-0.25, -0.2) is 4.39 Å². The Balaban J connectivity index is 1.54. The summed E-state index contributed by atoms with van der Waals surface area (Å²) < 4.78 is 18.9. The fourth-order valence-electron chi connectivity index (χ4n) is 3.48. The van der Waals surface area contributed by atoms with Gasteiger partial charge in [0.15, 0.2) is 0 Å². The van der Waals surface area contributed by atoms with Crippen molar-refractivity contribution in [2.24, 2.45) is 0 Å². The molecule has 1 aliphatic heterocycles. The Hall–Kier alpha value is -3.02. The molecule has 1 amide bonds. The van der Waals surface area contributed by atoms with E-state index in [1.54, 1.807) is 17.0 Å². The van der Waals surface area contributed by atoms with Crippen molar-refractivity contribution in [2.75, 3.05) is 6.54 Å². The van der Waals surface area contributed by atoms with Crippen LogP contribution in [0.25, 0.3) is 11.4 Å². The van der Waals surface area contributed by atoms with Crippen LogP contribution >= 0.6 is 0 Å². The van der Waals surface area contributed by atoms with Gasteiger partial charge in [0.2, 0.25) is 17.6 Å². The molecule has 1 aromatic heterocycles. The number of hydrogen-bond acceptors (Lipinski definition) is 4. The minimum atomic E-state index is -0.333. The van der Waals surface area contributed by atoms with E-state index in [9.17, 15) is 9.18 Å². The highest BCUT2D eigenvalue weighted by Crippen LogP contribution is 2.31. The standard InChI is InChI=1S/C21H20FN3O2/c22-17-10-6-7-15(13-17)14-19(26)25-12-5-4-11-18(25)21-23-20(24-27-21)16-8-2-1-3-9-16/h1-3,6-10,13,18H,4-5,11-12,14H2/t18-/m0/s1. The maximum absolute atomic E-state index is 13.4. The SMILES string of the molecule is O=C(Cc1cccc(F)c1)N1CCCC[C@H]1c1nc(-c2ccccc2)no1. The molecule has 27 heavy (non-hydrogen) atoms. The topological polar surface area (TPSA) is 59.2 Å². The van der Waals surface area contributed by atoms with E-state index in [1.807, 2.05) is 30.3 Å². The summed E-state index contributed by atoms with van der Waals surface area (Å²) in [6, 6.07) is 15.5. The first kappa shape index (κ1) is 17.4. The molecular weight excluding hydrogens is 345 g/mol. The summed E-state index contributed by atoms with van der Waals surface area (Å²) in [6.45, 7) is 0.641. The van der Waals surface area contributed by atoms with Gasteiger partial charge in [-0.3, -0.25) is 4.79 Å². The molecule has 0 bridgehead atoms. The molecule has 2 heterocycles. The van der Waals surface area contributed by atoms with Crippen LogP contribution in [-0.2, 0) is 11.2 Å². The minimum absolute atomic E-state index is 0.0511. The van der Waals surface area contributed by atoms with Gasteiger partial charge in [-0.1, -0.05) is 47.6 Å². The second-order valence-corrected chi connectivity index (χ2v) is 6.73. The van der Waals surface area contributed by atoms with Crippen LogP contribution in [-0.4, -0.2) is 27.5 Å². The quantitative estimate of drug-likeness (QED) is 0.696. The van der Waals surface area contributed by atoms with Gasteiger partial charge in [-0.15, -0.1) is 0 Å². The maximum atomic E-state index is 13.4. The summed E-state index contributed by atoms with van der Waals surface area (Å²) in [5.41, 5.74) is 1.54. The average Bonchev–Trinajstić information content (AvgIpc) is 3.19. The number of benzene rings is 2. The maximum Gasteiger partial charge on any atom is 0.249 e. The number of amides is 1. The van der Waals surface area contributed by atoms with Crippen LogP contribution in [0.15, 0.2) is 59.1 Å². The van der Waals surface area contributed by atoms with Crippen LogP contribution in [0.5, 0.6) is 0 Å². The molecule has 1 saturated heterocycles. The average molecular weight is 365 g/mol. The molecule has 6 heteroatoms. The van der Waals surface area contributed by atoms with E-state index < -0.39 is 0 Å². The van der Waals surface area contributed by atoms with Crippen LogP contribution in [0, 0.1) is 5.82 Å². The molecule has 3 aromatic rings. The predicted molar refractivity (Wildman–Crippen MR) is 98.1 cm³/mol. The Morgan fingerprint density at radius 2 is 2.00 bits per heavy atom. The second-order valence-electron chi connectivity index (χ2n) is 6.73. The predicted octanol–water partition coefficient (Wildman–Crippen LogP) is 4.17. The van der Waals surface area contributed by atoms with Crippen LogP contribution in [0.4, 0.5) is 4.39 Å². The summed E-state index contributed by atoms with van der Waals surface area (Å²) >= 11 is 0. The normalized spacial score (nSPS) is 17.1. The third kappa shape index (κ3) is 3.89. The van der Waals surface area contributed by atoms with Crippen molar-refractivity contribution in [1.29, 1.82) is 0 Å². The molecule has 5 nitrogen and oxygen atoms in total. The van der Waals surface area contributed by atoms with Gasteiger partial charge < -0.3 is 9.42 Å². The van der Waals surface area contributed by atoms with E-state index in [4.69, 9.17) is 4.52 Å². The Morgan fingerprint density at radius 3 is 2.81 bits per heavy atom. The number of carbonyl (C=O) groups excluding carboxylic acids is 1. The number of piperidine rings is 1. The van der Waals surface area contributed by atoms with E-state index >= 15 is 0 Å². The Bertz CT molecular complexity index is 926. The molecule has 0 unspecified atom stereocenters. The van der Waals surface area contributed by atoms with E-state index in [2.05, 4.69) is 10.1 Å². The zero-order chi connectivity index (χ0) is 18.6. The van der Waals surface area contributed by atoms with E-state index in [1.165, 1.54) is 12.1 Å². The number of halogens is 1. The number of rotatable bonds is 4. The first-order valence-electron chi connectivity index (χ1n) is 9.13. The van der Waals surface area contributed by atoms with Crippen LogP contribution in [0.1, 0.15) is 36.8 Å². The number of carbonyl (C=O) groups is 1. The molecule has 1 fully saturated rings. The first-order valence-corrected chi connectivity index (χ1v) is 9.13. The smallest absolute Gasteiger partial charge is 0.249 e. The van der Waals surface area contributed by atoms with Gasteiger partial charge in [-0.05, 0) is 37.0 Å². The zero-order valence-corrected chi connectivity index (χ0v) is 14.8. The van der Waals surface area contributed by atoms with Crippen molar-refractivity contribution in [1.82, 2.24) is 15.0 Å². The van der Waals surface area contributed by atoms with Crippen molar-refractivity contribution in [3.63, 3.8) is 0 Å². The Labute approximate surface area is 156 Å². The molecule has 4 rings (SSSR count). The lowest BCUT2D eigenvalue weighted by Crippen LogP contribution is -2.39. The largest absolute Gasteiger partial charge is 0.337 e. The molecule has 1 atom stereocenters. The number of hydrogen-bond donors (Lipinski definition) is 0. The Morgan fingerprint density at radius 1 is 1.15 bits per heavy atom. The summed E-state index contributed by atoms with van der Waals surface area (Å²) in [7, 11) is 0. The summed E-state index contributed by atoms with van der Waals surface area (Å²) in [5.74, 6) is 0.597. The highest BCUT2D eigenvalue weighted by Gasteiger charge is 2.32. The molecule has 138 valence electrons. The fraction of sp³-hybridized carbons (Fsp3) is 0.286. The van der Waals surface area contributed by atoms with Gasteiger partial charge >= 0.3 is 0 Å². The zero-order valence-electron chi connectivity index (χ0n) is 14.8. The highest BCUT2D eigenvalue weighted by atomic mass is 19.1. The van der Waals surface area contributed by atoms with E-state index in [0.717, 1.165) is 24.8 Å². The molecule has 1 aliphatic rings. The molecule has 0 saturated carbocycles. The minimum Gasteiger partial charge on any atom is -0.337 e. The van der Waals surface area contributed by atoms with Gasteiger partial charge in [-0.2, -0.15) is 4.98 Å². The van der Waals surface area contributed by atoms with Crippen molar-refractivity contribution < 1.29 is 13.7 Å². The molecule has 0 spiro atoms. The van der Waals surface area contributed by atoms with Crippen LogP contribution < -0.4 is 0 Å². The second kappa shape index (κ2) is 7.70. The lowest BCUT2D eigenvalue weighted by Gasteiger charge is -2.33. The summed E-state index contributed by atoms with van der Waals surface area (Å²) in [4.78, 5) is 19.2. The van der Waals surface area contributed by atoms with E-state index in [-0.39, 0.29) is 24.2 Å². The van der Waals surface area contributed by atoms with Gasteiger partial charge in [0.25, 0.3) is 0 Å². The molecule has 0 radical (unpaired) electrons. The summed E-state index contributed by atoms with van der Waals surface area (Å²) in [5, 5.41) is 4.08. The van der Waals surface area contributed by atoms with Crippen molar-refractivity contribution >= 4 is 5.91 Å². The highest BCUT2D eigenvalue weighted by molar-refractivity contribution is 5.79. The first-order chi connectivity index (χ1) is 13.2. The third-order valence-corrected chi connectivity index (χ3v) is 4.83. The van der Waals surface area contributed by atoms with Crippen molar-refractivity contribution in [2.45, 2.75) is 31.7 Å². The van der Waals surface area contributed by atoms with Gasteiger partial charge in [0.1, 0.15) is 11.9 Å². The fourth-order valence-corrected chi connectivity index (χ4v) is 3.48. The summed E-state index contributed by atoms with van der Waals surface area (Å²) in [6.07, 6.45) is 2.88. The lowest BCUT2D eigenvalue weighted by molar-refractivity contribution is -0.135. The van der Waals surface area contributed by atoms with E-state index in [0.29, 0.717) is 23.8 Å². The lowest BCUT2D eigenvalue weighted by atomic mass is 10.0. The monoisotopic (exact) mass is 365 g/mol. The molecular formula is C21H20FN3O2. The van der Waals surface area contributed by atoms with Gasteiger partial charge in [0, 0.05) is 12.1 Å². The van der Waals surface area contributed by atoms with Crippen LogP contribution in [0.3, 0.4) is 0 Å². The number of nitrogens with zero attached hydrogens (tertiary/aromatic N) is 3. The van der Waals surface area contributed by atoms with Crippen molar-refractivity contribution in [3.8, 4) is 11.4 Å². The third-order valence-electron chi connectivity index (χ3n) is 4.83. The van der Waals surface area contributed by atoms with Crippen LogP contribution in [0.2, 0.25) is 0 Å². The number of likely N-dealkylation sites (tertiary alicyclic amines) is 1. The van der Waals surface area contributed by atoms with Crippen molar-refractivity contribution in [3.05, 3.63) is 71.9 Å².